The molecule has 0 bridgehead atoms. The van der Waals surface area contributed by atoms with E-state index in [2.05, 4.69) is 12.2 Å². The number of hydrogen-bond donors (Lipinski definition) is 3. The van der Waals surface area contributed by atoms with Gasteiger partial charge in [0.15, 0.2) is 6.29 Å². The summed E-state index contributed by atoms with van der Waals surface area (Å²) < 4.78 is 18.8. The molecule has 4 aromatic carbocycles. The SMILES string of the molecule is COc1ccccc1SC[C@H]1O[C@@H](c2ccc(-c3ccccc3CNC(=O)CCC(=O)O)cc2)O[C@@H](c2ccc(CO)cc2)[C@H]1C. The van der Waals surface area contributed by atoms with Gasteiger partial charge in [-0.05, 0) is 39.9 Å². The van der Waals surface area contributed by atoms with E-state index >= 15 is 0 Å². The molecule has 1 amide bonds. The number of para-hydroxylation sites is 1. The number of amides is 1. The topological polar surface area (TPSA) is 114 Å². The average Bonchev–Trinajstić information content (AvgIpc) is 3.09. The third kappa shape index (κ3) is 8.35. The first kappa shape index (κ1) is 33.2. The van der Waals surface area contributed by atoms with E-state index in [9.17, 15) is 14.7 Å². The largest absolute Gasteiger partial charge is 0.496 e. The lowest BCUT2D eigenvalue weighted by Gasteiger charge is -2.41. The molecule has 4 aromatic rings. The summed E-state index contributed by atoms with van der Waals surface area (Å²) in [6.45, 7) is 2.43. The molecule has 8 nitrogen and oxygen atoms in total. The highest BCUT2D eigenvalue weighted by atomic mass is 32.2. The van der Waals surface area contributed by atoms with Gasteiger partial charge in [0.25, 0.3) is 0 Å². The number of benzene rings is 4. The Balaban J connectivity index is 1.35. The summed E-state index contributed by atoms with van der Waals surface area (Å²) in [7, 11) is 1.68. The summed E-state index contributed by atoms with van der Waals surface area (Å²) in [5.41, 5.74) is 5.64. The molecule has 1 aliphatic rings. The molecule has 0 radical (unpaired) electrons. The lowest BCUT2D eigenvalue weighted by molar-refractivity contribution is -0.268. The van der Waals surface area contributed by atoms with Gasteiger partial charge in [-0.15, -0.1) is 11.8 Å². The maximum Gasteiger partial charge on any atom is 0.303 e. The second kappa shape index (κ2) is 15.9. The Morgan fingerprint density at radius 1 is 0.870 bits per heavy atom. The Kier molecular flexibility index (Phi) is 11.5. The van der Waals surface area contributed by atoms with Gasteiger partial charge in [0.05, 0.1) is 32.3 Å². The number of thioether (sulfide) groups is 1. The number of carboxylic acids is 1. The number of aliphatic carboxylic acids is 1. The summed E-state index contributed by atoms with van der Waals surface area (Å²) >= 11 is 1.70. The Hall–Kier alpha value is -4.15. The van der Waals surface area contributed by atoms with Crippen molar-refractivity contribution in [2.24, 2.45) is 5.92 Å². The molecular weight excluding hydrogens is 602 g/mol. The third-order valence-electron chi connectivity index (χ3n) is 8.15. The van der Waals surface area contributed by atoms with Crippen LogP contribution >= 0.6 is 11.8 Å². The van der Waals surface area contributed by atoms with Crippen LogP contribution in [0.2, 0.25) is 0 Å². The predicted octanol–water partition coefficient (Wildman–Crippen LogP) is 6.92. The molecule has 0 spiro atoms. The first-order chi connectivity index (χ1) is 22.4. The standard InChI is InChI=1S/C37H39NO7S/c1-24-32(23-46-33-10-6-5-9-31(33)43-2)44-37(45-36(24)27-13-11-25(22-39)12-14-27)28-17-15-26(16-18-28)30-8-4-3-7-29(30)21-38-34(40)19-20-35(41)42/h3-18,24,32,36-37,39H,19-23H2,1-2H3,(H,38,40)(H,41,42)/t24-,32+,36+,37+/m0/s1. The molecule has 0 saturated carbocycles. The number of carbonyl (C=O) groups is 2. The van der Waals surface area contributed by atoms with E-state index in [4.69, 9.17) is 19.3 Å². The quantitative estimate of drug-likeness (QED) is 0.135. The van der Waals surface area contributed by atoms with Crippen LogP contribution in [0.1, 0.15) is 54.4 Å². The Labute approximate surface area is 273 Å². The van der Waals surface area contributed by atoms with Gasteiger partial charge in [-0.3, -0.25) is 9.59 Å². The van der Waals surface area contributed by atoms with Crippen molar-refractivity contribution in [1.82, 2.24) is 5.32 Å². The zero-order valence-corrected chi connectivity index (χ0v) is 26.7. The molecule has 1 heterocycles. The minimum atomic E-state index is -0.997. The summed E-state index contributed by atoms with van der Waals surface area (Å²) in [6, 6.07) is 31.7. The number of hydrogen-bond acceptors (Lipinski definition) is 7. The van der Waals surface area contributed by atoms with Gasteiger partial charge in [0, 0.05) is 35.1 Å². The number of rotatable bonds is 13. The second-order valence-electron chi connectivity index (χ2n) is 11.2. The monoisotopic (exact) mass is 641 g/mol. The normalized spacial score (nSPS) is 19.4. The van der Waals surface area contributed by atoms with Crippen molar-refractivity contribution >= 4 is 23.6 Å². The van der Waals surface area contributed by atoms with Crippen LogP contribution < -0.4 is 10.1 Å². The lowest BCUT2D eigenvalue weighted by atomic mass is 9.91. The van der Waals surface area contributed by atoms with Gasteiger partial charge in [0.1, 0.15) is 5.75 Å². The number of carboxylic acid groups (broad SMARTS) is 1. The fourth-order valence-electron chi connectivity index (χ4n) is 5.50. The summed E-state index contributed by atoms with van der Waals surface area (Å²) in [5, 5.41) is 21.2. The van der Waals surface area contributed by atoms with Crippen molar-refractivity contribution in [3.05, 3.63) is 119 Å². The number of aliphatic hydroxyl groups excluding tert-OH is 1. The van der Waals surface area contributed by atoms with Gasteiger partial charge < -0.3 is 29.7 Å². The molecule has 3 N–H and O–H groups in total. The molecular formula is C37H39NO7S. The highest BCUT2D eigenvalue weighted by Gasteiger charge is 2.38. The van der Waals surface area contributed by atoms with Crippen LogP contribution in [0, 0.1) is 5.92 Å². The molecule has 0 aliphatic carbocycles. The van der Waals surface area contributed by atoms with Crippen molar-refractivity contribution in [1.29, 1.82) is 0 Å². The minimum Gasteiger partial charge on any atom is -0.496 e. The first-order valence-electron chi connectivity index (χ1n) is 15.3. The Morgan fingerprint density at radius 2 is 1.57 bits per heavy atom. The lowest BCUT2D eigenvalue weighted by Crippen LogP contribution is -2.38. The van der Waals surface area contributed by atoms with Gasteiger partial charge in [-0.2, -0.15) is 0 Å². The van der Waals surface area contributed by atoms with Gasteiger partial charge in [-0.25, -0.2) is 0 Å². The number of ether oxygens (including phenoxy) is 3. The molecule has 1 fully saturated rings. The van der Waals surface area contributed by atoms with Crippen LogP contribution in [0.4, 0.5) is 0 Å². The van der Waals surface area contributed by atoms with E-state index in [1.807, 2.05) is 97.1 Å². The molecule has 1 saturated heterocycles. The average molecular weight is 642 g/mol. The van der Waals surface area contributed by atoms with Crippen molar-refractivity contribution in [2.45, 2.75) is 56.3 Å². The summed E-state index contributed by atoms with van der Waals surface area (Å²) in [4.78, 5) is 24.0. The smallest absolute Gasteiger partial charge is 0.303 e. The number of aliphatic hydroxyl groups is 1. The molecule has 46 heavy (non-hydrogen) atoms. The molecule has 4 atom stereocenters. The van der Waals surface area contributed by atoms with Crippen LogP contribution in [0.25, 0.3) is 11.1 Å². The first-order valence-corrected chi connectivity index (χ1v) is 16.3. The molecule has 0 unspecified atom stereocenters. The van der Waals surface area contributed by atoms with Crippen molar-refractivity contribution in [3.63, 3.8) is 0 Å². The van der Waals surface area contributed by atoms with Gasteiger partial charge >= 0.3 is 5.97 Å². The maximum atomic E-state index is 12.1. The minimum absolute atomic E-state index is 0.0160. The van der Waals surface area contributed by atoms with Gasteiger partial charge in [-0.1, -0.05) is 91.9 Å². The van der Waals surface area contributed by atoms with E-state index in [1.54, 1.807) is 18.9 Å². The summed E-state index contributed by atoms with van der Waals surface area (Å²) in [6.07, 6.45) is -1.20. The van der Waals surface area contributed by atoms with E-state index in [-0.39, 0.29) is 43.5 Å². The number of carbonyl (C=O) groups excluding carboxylic acids is 1. The van der Waals surface area contributed by atoms with Crippen LogP contribution in [-0.4, -0.2) is 41.1 Å². The molecule has 0 aromatic heterocycles. The number of methoxy groups -OCH3 is 1. The highest BCUT2D eigenvalue weighted by Crippen LogP contribution is 2.44. The van der Waals surface area contributed by atoms with Crippen LogP contribution in [0.3, 0.4) is 0 Å². The molecule has 9 heteroatoms. The van der Waals surface area contributed by atoms with E-state index in [1.165, 1.54) is 0 Å². The Morgan fingerprint density at radius 3 is 2.28 bits per heavy atom. The second-order valence-corrected chi connectivity index (χ2v) is 12.3. The van der Waals surface area contributed by atoms with Crippen molar-refractivity contribution in [2.75, 3.05) is 12.9 Å². The third-order valence-corrected chi connectivity index (χ3v) is 9.29. The van der Waals surface area contributed by atoms with Crippen LogP contribution in [-0.2, 0) is 32.2 Å². The fourth-order valence-corrected chi connectivity index (χ4v) is 6.69. The predicted molar refractivity (Wildman–Crippen MR) is 177 cm³/mol. The fraction of sp³-hybridized carbons (Fsp3) is 0.297. The van der Waals surface area contributed by atoms with Crippen LogP contribution in [0.15, 0.2) is 102 Å². The van der Waals surface area contributed by atoms with Crippen molar-refractivity contribution in [3.8, 4) is 16.9 Å². The zero-order valence-electron chi connectivity index (χ0n) is 25.9. The zero-order chi connectivity index (χ0) is 32.5. The summed E-state index contributed by atoms with van der Waals surface area (Å²) in [5.74, 6) is 0.290. The van der Waals surface area contributed by atoms with Gasteiger partial charge in [0.2, 0.25) is 5.91 Å². The Bertz CT molecular complexity index is 1610. The van der Waals surface area contributed by atoms with E-state index < -0.39 is 12.3 Å². The molecule has 1 aliphatic heterocycles. The highest BCUT2D eigenvalue weighted by molar-refractivity contribution is 7.99. The van der Waals surface area contributed by atoms with E-state index in [0.717, 1.165) is 44.0 Å². The maximum absolute atomic E-state index is 12.1. The molecule has 5 rings (SSSR count). The van der Waals surface area contributed by atoms with E-state index in [0.29, 0.717) is 12.3 Å². The van der Waals surface area contributed by atoms with Crippen molar-refractivity contribution < 1.29 is 34.0 Å². The molecule has 240 valence electrons. The van der Waals surface area contributed by atoms with Crippen LogP contribution in [0.5, 0.6) is 5.75 Å². The number of nitrogens with one attached hydrogen (secondary N) is 1.